The minimum atomic E-state index is -4.62. The van der Waals surface area contributed by atoms with Crippen LogP contribution in [0.2, 0.25) is 0 Å². The van der Waals surface area contributed by atoms with E-state index in [1.807, 2.05) is 17.5 Å². The zero-order chi connectivity index (χ0) is 17.4. The number of benzene rings is 1. The topological polar surface area (TPSA) is 62.0 Å². The lowest BCUT2D eigenvalue weighted by Gasteiger charge is -2.12. The highest BCUT2D eigenvalue weighted by Crippen LogP contribution is 2.34. The summed E-state index contributed by atoms with van der Waals surface area (Å²) in [5.41, 5.74) is -0.875. The highest BCUT2D eigenvalue weighted by Gasteiger charge is 2.33. The number of sulfonamides is 1. The molecule has 4 nitrogen and oxygen atoms in total. The second-order valence-corrected chi connectivity index (χ2v) is 7.91. The minimum absolute atomic E-state index is 0.116. The van der Waals surface area contributed by atoms with Crippen LogP contribution in [-0.4, -0.2) is 19.9 Å². The first-order chi connectivity index (χ1) is 11.3. The van der Waals surface area contributed by atoms with Gasteiger partial charge in [-0.15, -0.1) is 11.3 Å². The largest absolute Gasteiger partial charge is 0.416 e. The summed E-state index contributed by atoms with van der Waals surface area (Å²) in [5.74, 6) is 0. The van der Waals surface area contributed by atoms with Crippen molar-refractivity contribution in [1.29, 1.82) is 0 Å². The van der Waals surface area contributed by atoms with Gasteiger partial charge in [0, 0.05) is 28.5 Å². The van der Waals surface area contributed by atoms with Gasteiger partial charge in [-0.2, -0.15) is 13.2 Å². The monoisotopic (exact) mass is 374 g/mol. The number of nitrogens with one attached hydrogen (secondary N) is 2. The highest BCUT2D eigenvalue weighted by atomic mass is 32.2. The number of aromatic nitrogens is 1. The van der Waals surface area contributed by atoms with Crippen LogP contribution in [0.4, 0.5) is 13.2 Å². The number of fused-ring (bicyclic) bond motifs is 1. The van der Waals surface area contributed by atoms with E-state index >= 15 is 0 Å². The molecule has 128 valence electrons. The van der Waals surface area contributed by atoms with Crippen LogP contribution < -0.4 is 4.72 Å². The first-order valence-electron chi connectivity index (χ1n) is 6.98. The van der Waals surface area contributed by atoms with E-state index in [0.29, 0.717) is 12.5 Å². The molecule has 2 N–H and O–H groups in total. The number of H-pyrrole nitrogens is 1. The Bertz CT molecular complexity index is 945. The Hall–Kier alpha value is -1.84. The van der Waals surface area contributed by atoms with E-state index in [0.717, 1.165) is 10.9 Å². The Morgan fingerprint density at radius 2 is 2.00 bits per heavy atom. The van der Waals surface area contributed by atoms with Gasteiger partial charge in [0.05, 0.1) is 10.5 Å². The third-order valence-electron chi connectivity index (χ3n) is 3.49. The second kappa shape index (κ2) is 6.23. The molecule has 9 heteroatoms. The van der Waals surface area contributed by atoms with Crippen LogP contribution in [0.1, 0.15) is 10.4 Å². The molecule has 0 saturated heterocycles. The van der Waals surface area contributed by atoms with Crippen LogP contribution >= 0.6 is 11.3 Å². The molecular formula is C15H13F3N2O2S2. The lowest BCUT2D eigenvalue weighted by molar-refractivity contribution is -0.137. The third-order valence-corrected chi connectivity index (χ3v) is 5.93. The van der Waals surface area contributed by atoms with Crippen molar-refractivity contribution in [3.05, 3.63) is 52.3 Å². The Labute approximate surface area is 140 Å². The Balaban J connectivity index is 1.92. The summed E-state index contributed by atoms with van der Waals surface area (Å²) in [5, 5.41) is 2.10. The van der Waals surface area contributed by atoms with E-state index in [4.69, 9.17) is 0 Å². The molecule has 0 aliphatic heterocycles. The maximum Gasteiger partial charge on any atom is 0.416 e. The average molecular weight is 374 g/mol. The maximum atomic E-state index is 13.0. The molecule has 0 unspecified atom stereocenters. The summed E-state index contributed by atoms with van der Waals surface area (Å²) in [6, 6.07) is 6.74. The van der Waals surface area contributed by atoms with Gasteiger partial charge in [-0.25, -0.2) is 13.1 Å². The van der Waals surface area contributed by atoms with Gasteiger partial charge >= 0.3 is 6.18 Å². The molecule has 0 aliphatic rings. The zero-order valence-corrected chi connectivity index (χ0v) is 13.9. The van der Waals surface area contributed by atoms with Gasteiger partial charge in [0.25, 0.3) is 0 Å². The van der Waals surface area contributed by atoms with Gasteiger partial charge in [0.15, 0.2) is 0 Å². The summed E-state index contributed by atoms with van der Waals surface area (Å²) >= 11 is 1.49. The Kier molecular flexibility index (Phi) is 4.41. The molecule has 3 aromatic rings. The number of thiophene rings is 1. The first kappa shape index (κ1) is 17.0. The standard InChI is InChI=1S/C15H13F3N2O2S2/c16-15(17,18)10-8-13-12(4-5-19-13)14(9-10)24(21,22)20-6-3-11-2-1-7-23-11/h1-2,4-5,7-9,19-20H,3,6H2. The van der Waals surface area contributed by atoms with Gasteiger partial charge in [0.2, 0.25) is 10.0 Å². The van der Waals surface area contributed by atoms with Crippen molar-refractivity contribution in [2.45, 2.75) is 17.5 Å². The van der Waals surface area contributed by atoms with Gasteiger partial charge < -0.3 is 4.98 Å². The quantitative estimate of drug-likeness (QED) is 0.714. The van der Waals surface area contributed by atoms with E-state index in [1.54, 1.807) is 0 Å². The molecule has 3 rings (SSSR count). The second-order valence-electron chi connectivity index (χ2n) is 5.14. The fourth-order valence-electron chi connectivity index (χ4n) is 2.36. The van der Waals surface area contributed by atoms with Crippen molar-refractivity contribution in [3.63, 3.8) is 0 Å². The Morgan fingerprint density at radius 3 is 2.67 bits per heavy atom. The number of hydrogen-bond acceptors (Lipinski definition) is 3. The predicted octanol–water partition coefficient (Wildman–Crippen LogP) is 3.77. The fourth-order valence-corrected chi connectivity index (χ4v) is 4.34. The summed E-state index contributed by atoms with van der Waals surface area (Å²) in [6.07, 6.45) is -2.73. The van der Waals surface area contributed by atoms with Crippen molar-refractivity contribution in [2.24, 2.45) is 0 Å². The number of rotatable bonds is 5. The lowest BCUT2D eigenvalue weighted by atomic mass is 10.1. The maximum absolute atomic E-state index is 13.0. The predicted molar refractivity (Wildman–Crippen MR) is 86.5 cm³/mol. The van der Waals surface area contributed by atoms with Crippen molar-refractivity contribution in [1.82, 2.24) is 9.71 Å². The van der Waals surface area contributed by atoms with Crippen LogP contribution in [-0.2, 0) is 22.6 Å². The van der Waals surface area contributed by atoms with Crippen molar-refractivity contribution < 1.29 is 21.6 Å². The molecule has 2 aromatic heterocycles. The van der Waals surface area contributed by atoms with Gasteiger partial charge in [-0.1, -0.05) is 6.07 Å². The molecule has 24 heavy (non-hydrogen) atoms. The van der Waals surface area contributed by atoms with Crippen molar-refractivity contribution >= 4 is 32.3 Å². The molecule has 0 aliphatic carbocycles. The van der Waals surface area contributed by atoms with Crippen LogP contribution in [0.15, 0.2) is 46.8 Å². The number of halogens is 3. The van der Waals surface area contributed by atoms with Crippen LogP contribution in [0, 0.1) is 0 Å². The molecule has 2 heterocycles. The number of aromatic amines is 1. The molecular weight excluding hydrogens is 361 g/mol. The zero-order valence-electron chi connectivity index (χ0n) is 12.2. The van der Waals surface area contributed by atoms with Crippen LogP contribution in [0.5, 0.6) is 0 Å². The SMILES string of the molecule is O=S(=O)(NCCc1cccs1)c1cc(C(F)(F)F)cc2[nH]ccc12. The molecule has 0 radical (unpaired) electrons. The van der Waals surface area contributed by atoms with E-state index < -0.39 is 21.8 Å². The van der Waals surface area contributed by atoms with E-state index in [9.17, 15) is 21.6 Å². The normalized spacial score (nSPS) is 12.8. The van der Waals surface area contributed by atoms with Gasteiger partial charge in [-0.3, -0.25) is 0 Å². The van der Waals surface area contributed by atoms with E-state index in [1.165, 1.54) is 23.6 Å². The molecule has 0 fully saturated rings. The fraction of sp³-hybridized carbons (Fsp3) is 0.200. The number of hydrogen-bond donors (Lipinski definition) is 2. The summed E-state index contributed by atoms with van der Waals surface area (Å²) in [4.78, 5) is 3.25. The van der Waals surface area contributed by atoms with Crippen molar-refractivity contribution in [2.75, 3.05) is 6.54 Å². The highest BCUT2D eigenvalue weighted by molar-refractivity contribution is 7.89. The molecule has 0 spiro atoms. The molecule has 1 aromatic carbocycles. The molecule has 0 saturated carbocycles. The first-order valence-corrected chi connectivity index (χ1v) is 9.34. The van der Waals surface area contributed by atoms with E-state index in [-0.39, 0.29) is 22.3 Å². The van der Waals surface area contributed by atoms with E-state index in [2.05, 4.69) is 9.71 Å². The summed E-state index contributed by atoms with van der Waals surface area (Å²) < 4.78 is 66.3. The molecule has 0 amide bonds. The Morgan fingerprint density at radius 1 is 1.21 bits per heavy atom. The van der Waals surface area contributed by atoms with Crippen molar-refractivity contribution in [3.8, 4) is 0 Å². The third kappa shape index (κ3) is 3.47. The minimum Gasteiger partial charge on any atom is -0.361 e. The smallest absolute Gasteiger partial charge is 0.361 e. The molecule has 0 atom stereocenters. The van der Waals surface area contributed by atoms with Gasteiger partial charge in [0.1, 0.15) is 0 Å². The van der Waals surface area contributed by atoms with Crippen LogP contribution in [0.25, 0.3) is 10.9 Å². The van der Waals surface area contributed by atoms with Gasteiger partial charge in [-0.05, 0) is 36.1 Å². The van der Waals surface area contributed by atoms with Crippen LogP contribution in [0.3, 0.4) is 0 Å². The lowest BCUT2D eigenvalue weighted by Crippen LogP contribution is -2.26. The summed E-state index contributed by atoms with van der Waals surface area (Å²) in [6.45, 7) is 0.116. The molecule has 0 bridgehead atoms. The number of alkyl halides is 3. The summed E-state index contributed by atoms with van der Waals surface area (Å²) in [7, 11) is -4.06. The average Bonchev–Trinajstić information content (AvgIpc) is 3.15.